The molecule has 2 N–H and O–H groups in total. The second kappa shape index (κ2) is 11.4. The lowest BCUT2D eigenvalue weighted by Crippen LogP contribution is -2.29. The molecule has 0 saturated heterocycles. The van der Waals surface area contributed by atoms with E-state index < -0.39 is 23.7 Å². The number of esters is 1. The molecule has 11 heteroatoms. The predicted octanol–water partition coefficient (Wildman–Crippen LogP) is 3.35. The average molecular weight is 486 g/mol. The number of hydrogen-bond donors (Lipinski definition) is 2. The van der Waals surface area contributed by atoms with Gasteiger partial charge in [-0.1, -0.05) is 30.0 Å². The number of rotatable bonds is 9. The monoisotopic (exact) mass is 485 g/mol. The molecule has 9 nitrogen and oxygen atoms in total. The van der Waals surface area contributed by atoms with E-state index in [9.17, 15) is 18.8 Å². The number of hydrogen-bond acceptors (Lipinski definition) is 7. The van der Waals surface area contributed by atoms with Gasteiger partial charge in [-0.25, -0.2) is 9.18 Å². The van der Waals surface area contributed by atoms with Gasteiger partial charge in [-0.15, -0.1) is 10.2 Å². The molecule has 0 bridgehead atoms. The minimum atomic E-state index is -0.611. The molecule has 3 aromatic rings. The summed E-state index contributed by atoms with van der Waals surface area (Å²) >= 11 is 1.16. The summed E-state index contributed by atoms with van der Waals surface area (Å²) in [5, 5.41) is 14.1. The third-order valence-corrected chi connectivity index (χ3v) is 5.73. The third-order valence-electron chi connectivity index (χ3n) is 4.71. The highest BCUT2D eigenvalue weighted by Gasteiger charge is 2.20. The van der Waals surface area contributed by atoms with Crippen LogP contribution in [0.15, 0.2) is 53.7 Å². The first-order chi connectivity index (χ1) is 16.3. The molecular formula is C23H24FN5O4S. The van der Waals surface area contributed by atoms with Crippen molar-refractivity contribution >= 4 is 35.2 Å². The first kappa shape index (κ1) is 24.9. The standard InChI is InChI=1S/C23H24FN5O4S/c1-4-33-22(32)15-8-7-9-16(12-15)26-19(30)13-34-23-28-27-20(29(23)3)14(2)25-21(31)17-10-5-6-11-18(17)24/h5-12,14H,4,13H2,1-3H3,(H,25,31)(H,26,30)/t14-/m0/s1. The summed E-state index contributed by atoms with van der Waals surface area (Å²) < 4.78 is 20.5. The van der Waals surface area contributed by atoms with Crippen molar-refractivity contribution < 1.29 is 23.5 Å². The van der Waals surface area contributed by atoms with Gasteiger partial charge in [-0.3, -0.25) is 9.59 Å². The normalized spacial score (nSPS) is 11.5. The number of nitrogens with zero attached hydrogens (tertiary/aromatic N) is 3. The summed E-state index contributed by atoms with van der Waals surface area (Å²) in [6, 6.07) is 11.6. The highest BCUT2D eigenvalue weighted by molar-refractivity contribution is 7.99. The molecule has 0 unspecified atom stereocenters. The third kappa shape index (κ3) is 6.19. The number of carbonyl (C=O) groups is 3. The first-order valence-electron chi connectivity index (χ1n) is 10.4. The van der Waals surface area contributed by atoms with E-state index in [4.69, 9.17) is 4.74 Å². The van der Waals surface area contributed by atoms with Crippen molar-refractivity contribution in [3.63, 3.8) is 0 Å². The van der Waals surface area contributed by atoms with Crippen LogP contribution in [0.3, 0.4) is 0 Å². The summed E-state index contributed by atoms with van der Waals surface area (Å²) in [4.78, 5) is 36.6. The number of carbonyl (C=O) groups excluding carboxylic acids is 3. The van der Waals surface area contributed by atoms with Crippen LogP contribution in [-0.4, -0.2) is 44.9 Å². The van der Waals surface area contributed by atoms with Gasteiger partial charge in [-0.2, -0.15) is 0 Å². The highest BCUT2D eigenvalue weighted by atomic mass is 32.2. The Hall–Kier alpha value is -3.73. The number of thioether (sulfide) groups is 1. The van der Waals surface area contributed by atoms with Crippen molar-refractivity contribution in [3.05, 3.63) is 71.3 Å². The van der Waals surface area contributed by atoms with Gasteiger partial charge < -0.3 is 19.9 Å². The lowest BCUT2D eigenvalue weighted by Gasteiger charge is -2.14. The topological polar surface area (TPSA) is 115 Å². The Morgan fingerprint density at radius 2 is 1.91 bits per heavy atom. The van der Waals surface area contributed by atoms with Crippen LogP contribution in [0.5, 0.6) is 0 Å². The lowest BCUT2D eigenvalue weighted by molar-refractivity contribution is -0.113. The Labute approximate surface area is 200 Å². The van der Waals surface area contributed by atoms with E-state index in [0.29, 0.717) is 22.2 Å². The maximum Gasteiger partial charge on any atom is 0.338 e. The smallest absolute Gasteiger partial charge is 0.338 e. The van der Waals surface area contributed by atoms with Gasteiger partial charge >= 0.3 is 5.97 Å². The minimum absolute atomic E-state index is 0.0472. The fourth-order valence-electron chi connectivity index (χ4n) is 3.08. The molecule has 0 radical (unpaired) electrons. The number of ether oxygens (including phenoxy) is 1. The molecule has 178 valence electrons. The van der Waals surface area contributed by atoms with Crippen LogP contribution in [0.4, 0.5) is 10.1 Å². The Bertz CT molecular complexity index is 1200. The van der Waals surface area contributed by atoms with Crippen molar-refractivity contribution in [1.29, 1.82) is 0 Å². The second-order valence-electron chi connectivity index (χ2n) is 7.21. The molecule has 0 fully saturated rings. The van der Waals surface area contributed by atoms with Crippen molar-refractivity contribution in [1.82, 2.24) is 20.1 Å². The maximum atomic E-state index is 13.8. The Kier molecular flexibility index (Phi) is 8.36. The first-order valence-corrected chi connectivity index (χ1v) is 11.4. The van der Waals surface area contributed by atoms with Crippen LogP contribution in [0.2, 0.25) is 0 Å². The van der Waals surface area contributed by atoms with Gasteiger partial charge in [0.25, 0.3) is 5.91 Å². The fraction of sp³-hybridized carbons (Fsp3) is 0.261. The van der Waals surface area contributed by atoms with Crippen molar-refractivity contribution in [2.24, 2.45) is 7.05 Å². The summed E-state index contributed by atoms with van der Waals surface area (Å²) in [7, 11) is 1.71. The molecule has 1 heterocycles. The van der Waals surface area contributed by atoms with Crippen molar-refractivity contribution in [3.8, 4) is 0 Å². The Balaban J connectivity index is 1.57. The van der Waals surface area contributed by atoms with Gasteiger partial charge in [0.1, 0.15) is 5.82 Å². The van der Waals surface area contributed by atoms with Crippen LogP contribution < -0.4 is 10.6 Å². The number of aromatic nitrogens is 3. The molecule has 1 atom stereocenters. The van der Waals surface area contributed by atoms with Crippen LogP contribution in [0.1, 0.15) is 46.4 Å². The van der Waals surface area contributed by atoms with E-state index in [1.807, 2.05) is 0 Å². The van der Waals surface area contributed by atoms with Gasteiger partial charge in [0.2, 0.25) is 5.91 Å². The van der Waals surface area contributed by atoms with Crippen LogP contribution in [0.25, 0.3) is 0 Å². The zero-order valence-corrected chi connectivity index (χ0v) is 19.7. The summed E-state index contributed by atoms with van der Waals surface area (Å²) in [5.41, 5.74) is 0.755. The molecule has 0 saturated carbocycles. The molecule has 2 aromatic carbocycles. The van der Waals surface area contributed by atoms with Crippen LogP contribution in [0, 0.1) is 5.82 Å². The fourth-order valence-corrected chi connectivity index (χ4v) is 3.80. The van der Waals surface area contributed by atoms with E-state index in [0.717, 1.165) is 11.8 Å². The maximum absolute atomic E-state index is 13.8. The van der Waals surface area contributed by atoms with E-state index in [1.54, 1.807) is 55.8 Å². The second-order valence-corrected chi connectivity index (χ2v) is 8.16. The molecular weight excluding hydrogens is 461 g/mol. The van der Waals surface area contributed by atoms with Crippen LogP contribution >= 0.6 is 11.8 Å². The van der Waals surface area contributed by atoms with Gasteiger partial charge in [0.15, 0.2) is 11.0 Å². The largest absolute Gasteiger partial charge is 0.462 e. The quantitative estimate of drug-likeness (QED) is 0.353. The van der Waals surface area contributed by atoms with Gasteiger partial charge in [0.05, 0.1) is 29.5 Å². The molecule has 0 aliphatic heterocycles. The van der Waals surface area contributed by atoms with Crippen LogP contribution in [-0.2, 0) is 16.6 Å². The number of anilines is 1. The molecule has 3 rings (SSSR count). The van der Waals surface area contributed by atoms with E-state index in [1.165, 1.54) is 18.2 Å². The average Bonchev–Trinajstić information content (AvgIpc) is 3.18. The van der Waals surface area contributed by atoms with E-state index in [-0.39, 0.29) is 23.8 Å². The Morgan fingerprint density at radius 3 is 2.65 bits per heavy atom. The van der Waals surface area contributed by atoms with E-state index in [2.05, 4.69) is 20.8 Å². The molecule has 2 amide bonds. The Morgan fingerprint density at radius 1 is 1.15 bits per heavy atom. The van der Waals surface area contributed by atoms with Gasteiger partial charge in [-0.05, 0) is 44.2 Å². The lowest BCUT2D eigenvalue weighted by atomic mass is 10.2. The number of nitrogens with one attached hydrogen (secondary N) is 2. The van der Waals surface area contributed by atoms with Gasteiger partial charge in [0, 0.05) is 12.7 Å². The summed E-state index contributed by atoms with van der Waals surface area (Å²) in [5.74, 6) is -1.43. The van der Waals surface area contributed by atoms with Crippen molar-refractivity contribution in [2.45, 2.75) is 25.0 Å². The zero-order chi connectivity index (χ0) is 24.7. The number of halogens is 1. The SMILES string of the molecule is CCOC(=O)c1cccc(NC(=O)CSc2nnc([C@H](C)NC(=O)c3ccccc3F)n2C)c1. The van der Waals surface area contributed by atoms with Crippen molar-refractivity contribution in [2.75, 3.05) is 17.7 Å². The molecule has 1 aromatic heterocycles. The predicted molar refractivity (Wildman–Crippen MR) is 125 cm³/mol. The molecule has 0 spiro atoms. The molecule has 34 heavy (non-hydrogen) atoms. The minimum Gasteiger partial charge on any atom is -0.462 e. The number of amides is 2. The number of benzene rings is 2. The molecule has 0 aliphatic rings. The zero-order valence-electron chi connectivity index (χ0n) is 18.9. The highest BCUT2D eigenvalue weighted by Crippen LogP contribution is 2.20. The molecule has 0 aliphatic carbocycles. The van der Waals surface area contributed by atoms with E-state index >= 15 is 0 Å². The summed E-state index contributed by atoms with van der Waals surface area (Å²) in [6.07, 6.45) is 0. The summed E-state index contributed by atoms with van der Waals surface area (Å²) in [6.45, 7) is 3.69.